The van der Waals surface area contributed by atoms with E-state index in [-0.39, 0.29) is 34.8 Å². The van der Waals surface area contributed by atoms with E-state index in [1.165, 1.54) is 19.6 Å². The summed E-state index contributed by atoms with van der Waals surface area (Å²) in [5, 5.41) is 0. The average molecular weight is 375 g/mol. The number of rotatable bonds is 3. The van der Waals surface area contributed by atoms with Gasteiger partial charge in [-0.3, -0.25) is 9.59 Å². The Bertz CT molecular complexity index is 680. The fraction of sp³-hybridized carbons (Fsp3) is 0.739. The van der Waals surface area contributed by atoms with Gasteiger partial charge in [-0.25, -0.2) is 0 Å². The molecular weight excluding hydrogens is 340 g/mol. The first kappa shape index (κ1) is 20.2. The first-order valence-electron chi connectivity index (χ1n) is 10.2. The van der Waals surface area contributed by atoms with Crippen LogP contribution in [0.3, 0.4) is 0 Å². The van der Waals surface area contributed by atoms with Crippen LogP contribution in [0.15, 0.2) is 24.3 Å². The van der Waals surface area contributed by atoms with Gasteiger partial charge in [0.15, 0.2) is 0 Å². The summed E-state index contributed by atoms with van der Waals surface area (Å²) in [6.07, 6.45) is 9.74. The third-order valence-corrected chi connectivity index (χ3v) is 8.03. The van der Waals surface area contributed by atoms with Gasteiger partial charge in [-0.15, -0.1) is 6.58 Å². The fourth-order valence-electron chi connectivity index (χ4n) is 6.41. The standard InChI is InChI=1S/C23H34O4/c1-7-21(3)14-16-9-10-18-22(4,17(16)13-19(21)27-15(2)24)11-8-12-23(18,5)20(25)26-6/h7,9,17-19H,1,8,10-14H2,2-6H3/t17-,18?,19+,21+,22+,23+/m0/s1. The second-order valence-electron chi connectivity index (χ2n) is 9.61. The van der Waals surface area contributed by atoms with Crippen LogP contribution in [0.5, 0.6) is 0 Å². The van der Waals surface area contributed by atoms with Crippen molar-refractivity contribution in [2.45, 2.75) is 72.3 Å². The molecule has 3 aliphatic rings. The summed E-state index contributed by atoms with van der Waals surface area (Å²) >= 11 is 0. The van der Waals surface area contributed by atoms with Gasteiger partial charge in [-0.05, 0) is 56.3 Å². The second-order valence-corrected chi connectivity index (χ2v) is 9.61. The van der Waals surface area contributed by atoms with Crippen LogP contribution in [0, 0.1) is 28.1 Å². The Kier molecular flexibility index (Phi) is 5.07. The molecule has 0 saturated heterocycles. The molecule has 0 aromatic rings. The van der Waals surface area contributed by atoms with Crippen molar-refractivity contribution in [2.24, 2.45) is 28.1 Å². The van der Waals surface area contributed by atoms with Crippen molar-refractivity contribution in [1.29, 1.82) is 0 Å². The van der Waals surface area contributed by atoms with E-state index in [2.05, 4.69) is 33.4 Å². The van der Waals surface area contributed by atoms with Crippen LogP contribution >= 0.6 is 0 Å². The second kappa shape index (κ2) is 6.79. The molecule has 0 spiro atoms. The number of ether oxygens (including phenoxy) is 2. The molecule has 0 aromatic carbocycles. The van der Waals surface area contributed by atoms with Crippen molar-refractivity contribution < 1.29 is 19.1 Å². The van der Waals surface area contributed by atoms with Crippen molar-refractivity contribution in [3.8, 4) is 0 Å². The highest BCUT2D eigenvalue weighted by atomic mass is 16.5. The van der Waals surface area contributed by atoms with Gasteiger partial charge >= 0.3 is 11.9 Å². The number of carbonyl (C=O) groups excluding carboxylic acids is 2. The molecule has 0 bridgehead atoms. The first-order chi connectivity index (χ1) is 12.6. The highest BCUT2D eigenvalue weighted by molar-refractivity contribution is 5.77. The van der Waals surface area contributed by atoms with Gasteiger partial charge in [0.2, 0.25) is 0 Å². The van der Waals surface area contributed by atoms with Gasteiger partial charge in [-0.1, -0.05) is 38.0 Å². The molecule has 4 nitrogen and oxygen atoms in total. The van der Waals surface area contributed by atoms with Gasteiger partial charge in [0.05, 0.1) is 12.5 Å². The Morgan fingerprint density at radius 2 is 1.96 bits per heavy atom. The molecule has 0 amide bonds. The van der Waals surface area contributed by atoms with Gasteiger partial charge in [0, 0.05) is 12.3 Å². The Morgan fingerprint density at radius 3 is 2.56 bits per heavy atom. The molecule has 27 heavy (non-hydrogen) atoms. The van der Waals surface area contributed by atoms with Gasteiger partial charge < -0.3 is 9.47 Å². The number of carbonyl (C=O) groups is 2. The zero-order chi connectivity index (χ0) is 20.0. The minimum atomic E-state index is -0.445. The molecular formula is C23H34O4. The van der Waals surface area contributed by atoms with Gasteiger partial charge in [0.1, 0.15) is 6.10 Å². The van der Waals surface area contributed by atoms with E-state index in [1.54, 1.807) is 0 Å². The number of methoxy groups -OCH3 is 1. The van der Waals surface area contributed by atoms with Crippen LogP contribution in [-0.4, -0.2) is 25.2 Å². The summed E-state index contributed by atoms with van der Waals surface area (Å²) < 4.78 is 11.0. The smallest absolute Gasteiger partial charge is 0.311 e. The van der Waals surface area contributed by atoms with Crippen molar-refractivity contribution in [3.05, 3.63) is 24.3 Å². The molecule has 3 rings (SSSR count). The predicted octanol–water partition coefficient (Wildman–Crippen LogP) is 4.84. The van der Waals surface area contributed by atoms with Crippen LogP contribution < -0.4 is 0 Å². The Hall–Kier alpha value is -1.58. The third kappa shape index (κ3) is 3.05. The molecule has 0 N–H and O–H groups in total. The van der Waals surface area contributed by atoms with Crippen LogP contribution in [0.4, 0.5) is 0 Å². The molecule has 2 saturated carbocycles. The molecule has 2 fully saturated rings. The topological polar surface area (TPSA) is 52.6 Å². The monoisotopic (exact) mass is 374 g/mol. The first-order valence-corrected chi connectivity index (χ1v) is 10.2. The Balaban J connectivity index is 2.00. The summed E-state index contributed by atoms with van der Waals surface area (Å²) in [5.41, 5.74) is 0.789. The maximum absolute atomic E-state index is 12.7. The van der Waals surface area contributed by atoms with E-state index in [4.69, 9.17) is 9.47 Å². The highest BCUT2D eigenvalue weighted by Gasteiger charge is 2.60. The molecule has 0 radical (unpaired) electrons. The molecule has 4 heteroatoms. The van der Waals surface area contributed by atoms with E-state index in [9.17, 15) is 9.59 Å². The van der Waals surface area contributed by atoms with Crippen LogP contribution in [-0.2, 0) is 19.1 Å². The van der Waals surface area contributed by atoms with E-state index in [0.717, 1.165) is 38.5 Å². The highest BCUT2D eigenvalue weighted by Crippen LogP contribution is 2.64. The van der Waals surface area contributed by atoms with Crippen LogP contribution in [0.25, 0.3) is 0 Å². The maximum atomic E-state index is 12.7. The quantitative estimate of drug-likeness (QED) is 0.524. The Labute approximate surface area is 163 Å². The minimum Gasteiger partial charge on any atom is -0.469 e. The van der Waals surface area contributed by atoms with E-state index >= 15 is 0 Å². The number of fused-ring (bicyclic) bond motifs is 3. The van der Waals surface area contributed by atoms with Gasteiger partial charge in [-0.2, -0.15) is 0 Å². The van der Waals surface area contributed by atoms with E-state index in [1.807, 2.05) is 6.08 Å². The summed E-state index contributed by atoms with van der Waals surface area (Å²) in [7, 11) is 1.50. The molecule has 3 aliphatic carbocycles. The lowest BCUT2D eigenvalue weighted by atomic mass is 9.45. The molecule has 0 aromatic heterocycles. The summed E-state index contributed by atoms with van der Waals surface area (Å²) in [5.74, 6) is 0.267. The lowest BCUT2D eigenvalue weighted by Gasteiger charge is -2.59. The lowest BCUT2D eigenvalue weighted by Crippen LogP contribution is -2.56. The van der Waals surface area contributed by atoms with Crippen molar-refractivity contribution in [2.75, 3.05) is 7.11 Å². The molecule has 6 atom stereocenters. The zero-order valence-corrected chi connectivity index (χ0v) is 17.5. The summed E-state index contributed by atoms with van der Waals surface area (Å²) in [6.45, 7) is 12.1. The zero-order valence-electron chi connectivity index (χ0n) is 17.5. The van der Waals surface area contributed by atoms with E-state index in [0.29, 0.717) is 5.92 Å². The lowest BCUT2D eigenvalue weighted by molar-refractivity contribution is -0.170. The minimum absolute atomic E-state index is 0.0200. The van der Waals surface area contributed by atoms with Gasteiger partial charge in [0.25, 0.3) is 0 Å². The van der Waals surface area contributed by atoms with Crippen molar-refractivity contribution in [1.82, 2.24) is 0 Å². The third-order valence-electron chi connectivity index (χ3n) is 8.03. The molecule has 1 unspecified atom stereocenters. The average Bonchev–Trinajstić information content (AvgIpc) is 2.61. The largest absolute Gasteiger partial charge is 0.469 e. The Morgan fingerprint density at radius 1 is 1.26 bits per heavy atom. The molecule has 0 heterocycles. The maximum Gasteiger partial charge on any atom is 0.311 e. The predicted molar refractivity (Wildman–Crippen MR) is 105 cm³/mol. The van der Waals surface area contributed by atoms with E-state index < -0.39 is 5.41 Å². The summed E-state index contributed by atoms with van der Waals surface area (Å²) in [6, 6.07) is 0. The molecule has 0 aliphatic heterocycles. The SMILES string of the molecule is C=C[C@]1(C)CC2=CCC3[C@](C)(C(=O)OC)CCC[C@]3(C)[C@H]2C[C@H]1OC(C)=O. The van der Waals surface area contributed by atoms with Crippen molar-refractivity contribution in [3.63, 3.8) is 0 Å². The fourth-order valence-corrected chi connectivity index (χ4v) is 6.41. The molecule has 150 valence electrons. The summed E-state index contributed by atoms with van der Waals surface area (Å²) in [4.78, 5) is 24.4. The van der Waals surface area contributed by atoms with Crippen molar-refractivity contribution >= 4 is 11.9 Å². The van der Waals surface area contributed by atoms with Crippen LogP contribution in [0.2, 0.25) is 0 Å². The van der Waals surface area contributed by atoms with Crippen LogP contribution in [0.1, 0.15) is 66.2 Å². The number of esters is 2. The normalized spacial score (nSPS) is 43.6. The number of allylic oxidation sites excluding steroid dienone is 2. The number of hydrogen-bond acceptors (Lipinski definition) is 4. The number of hydrogen-bond donors (Lipinski definition) is 0.